The summed E-state index contributed by atoms with van der Waals surface area (Å²) in [5.74, 6) is 0.894. The molecule has 0 amide bonds. The van der Waals surface area contributed by atoms with Crippen LogP contribution in [0.3, 0.4) is 0 Å². The first-order valence-corrected chi connectivity index (χ1v) is 7.42. The van der Waals surface area contributed by atoms with Gasteiger partial charge in [-0.05, 0) is 38.9 Å². The molecule has 1 aromatic heterocycles. The number of aryl methyl sites for hydroxylation is 1. The number of hydrogen-bond donors (Lipinski definition) is 2. The molecule has 0 bridgehead atoms. The van der Waals surface area contributed by atoms with Crippen molar-refractivity contribution in [1.29, 1.82) is 0 Å². The van der Waals surface area contributed by atoms with E-state index in [0.29, 0.717) is 6.04 Å². The van der Waals surface area contributed by atoms with E-state index in [4.69, 9.17) is 0 Å². The second kappa shape index (κ2) is 7.89. The second-order valence-corrected chi connectivity index (χ2v) is 5.28. The maximum atomic E-state index is 4.26. The molecule has 0 radical (unpaired) electrons. The Bertz CT molecular complexity index is 400. The zero-order valence-corrected chi connectivity index (χ0v) is 12.5. The smallest absolute Gasteiger partial charge is 0.191 e. The number of likely N-dealkylation sites (N-methyl/N-ethyl adjacent to an activating group) is 1. The number of rotatable bonds is 6. The first-order chi connectivity index (χ1) is 9.79. The lowest BCUT2D eigenvalue weighted by Gasteiger charge is -2.21. The predicted octanol–water partition coefficient (Wildman–Crippen LogP) is 0.532. The van der Waals surface area contributed by atoms with E-state index in [0.717, 1.165) is 32.0 Å². The Morgan fingerprint density at radius 1 is 1.45 bits per heavy atom. The summed E-state index contributed by atoms with van der Waals surface area (Å²) in [6.07, 6.45) is 7.42. The van der Waals surface area contributed by atoms with Crippen LogP contribution in [0.15, 0.2) is 23.5 Å². The normalized spacial score (nSPS) is 20.3. The average molecular weight is 278 g/mol. The average Bonchev–Trinajstić information content (AvgIpc) is 3.10. The number of guanidine groups is 1. The van der Waals surface area contributed by atoms with Gasteiger partial charge in [-0.25, -0.2) is 0 Å². The van der Waals surface area contributed by atoms with E-state index in [9.17, 15) is 0 Å². The first kappa shape index (κ1) is 14.8. The third-order valence-corrected chi connectivity index (χ3v) is 3.82. The van der Waals surface area contributed by atoms with E-state index >= 15 is 0 Å². The highest BCUT2D eigenvalue weighted by Gasteiger charge is 2.20. The lowest BCUT2D eigenvalue weighted by atomic mass is 10.2. The maximum absolute atomic E-state index is 4.26. The molecule has 0 spiro atoms. The topological polar surface area (TPSA) is 57.5 Å². The van der Waals surface area contributed by atoms with Gasteiger partial charge >= 0.3 is 0 Å². The number of aliphatic imine (C=N–C) groups is 1. The third kappa shape index (κ3) is 4.52. The van der Waals surface area contributed by atoms with Crippen LogP contribution in [0.25, 0.3) is 0 Å². The Morgan fingerprint density at radius 3 is 3.00 bits per heavy atom. The SMILES string of the molecule is CN=C(NCCCn1cccn1)NCC1CCCN1C. The summed E-state index contributed by atoms with van der Waals surface area (Å²) in [5.41, 5.74) is 0. The van der Waals surface area contributed by atoms with Crippen molar-refractivity contribution < 1.29 is 0 Å². The van der Waals surface area contributed by atoms with Crippen LogP contribution >= 0.6 is 0 Å². The van der Waals surface area contributed by atoms with Crippen molar-refractivity contribution in [3.8, 4) is 0 Å². The number of likely N-dealkylation sites (tertiary alicyclic amines) is 1. The second-order valence-electron chi connectivity index (χ2n) is 5.28. The van der Waals surface area contributed by atoms with Gasteiger partial charge in [0.2, 0.25) is 0 Å². The summed E-state index contributed by atoms with van der Waals surface area (Å²) >= 11 is 0. The van der Waals surface area contributed by atoms with Crippen LogP contribution in [0.1, 0.15) is 19.3 Å². The van der Waals surface area contributed by atoms with Gasteiger partial charge in [0.1, 0.15) is 0 Å². The lowest BCUT2D eigenvalue weighted by molar-refractivity contribution is 0.309. The molecule has 0 saturated carbocycles. The first-order valence-electron chi connectivity index (χ1n) is 7.42. The van der Waals surface area contributed by atoms with Crippen LogP contribution in [0.5, 0.6) is 0 Å². The van der Waals surface area contributed by atoms with E-state index in [-0.39, 0.29) is 0 Å². The monoisotopic (exact) mass is 278 g/mol. The van der Waals surface area contributed by atoms with Crippen LogP contribution in [0.4, 0.5) is 0 Å². The van der Waals surface area contributed by atoms with E-state index in [1.54, 1.807) is 0 Å². The summed E-state index contributed by atoms with van der Waals surface area (Å²) in [6.45, 7) is 4.01. The molecule has 1 fully saturated rings. The molecule has 1 aromatic rings. The van der Waals surface area contributed by atoms with Crippen molar-refractivity contribution in [1.82, 2.24) is 25.3 Å². The van der Waals surface area contributed by atoms with Gasteiger partial charge in [-0.2, -0.15) is 5.10 Å². The van der Waals surface area contributed by atoms with Crippen molar-refractivity contribution in [3.05, 3.63) is 18.5 Å². The molecule has 2 heterocycles. The maximum Gasteiger partial charge on any atom is 0.191 e. The Morgan fingerprint density at radius 2 is 2.35 bits per heavy atom. The van der Waals surface area contributed by atoms with Gasteiger partial charge in [0, 0.05) is 45.1 Å². The highest BCUT2D eigenvalue weighted by Crippen LogP contribution is 2.13. The minimum atomic E-state index is 0.637. The summed E-state index contributed by atoms with van der Waals surface area (Å²) in [6, 6.07) is 2.59. The van der Waals surface area contributed by atoms with Gasteiger partial charge in [-0.3, -0.25) is 9.67 Å². The number of nitrogens with one attached hydrogen (secondary N) is 2. The van der Waals surface area contributed by atoms with Crippen LogP contribution < -0.4 is 10.6 Å². The molecule has 1 atom stereocenters. The predicted molar refractivity (Wildman–Crippen MR) is 81.9 cm³/mol. The Balaban J connectivity index is 1.60. The zero-order chi connectivity index (χ0) is 14.2. The fourth-order valence-electron chi connectivity index (χ4n) is 2.55. The van der Waals surface area contributed by atoms with Crippen molar-refractivity contribution in [2.24, 2.45) is 4.99 Å². The molecule has 1 unspecified atom stereocenters. The van der Waals surface area contributed by atoms with Gasteiger partial charge in [0.15, 0.2) is 5.96 Å². The third-order valence-electron chi connectivity index (χ3n) is 3.82. The van der Waals surface area contributed by atoms with Crippen LogP contribution in [-0.4, -0.2) is 60.4 Å². The Kier molecular flexibility index (Phi) is 5.86. The molecule has 6 nitrogen and oxygen atoms in total. The minimum Gasteiger partial charge on any atom is -0.356 e. The molecule has 1 saturated heterocycles. The van der Waals surface area contributed by atoms with Gasteiger partial charge in [-0.1, -0.05) is 0 Å². The molecule has 1 aliphatic heterocycles. The molecule has 2 rings (SSSR count). The minimum absolute atomic E-state index is 0.637. The van der Waals surface area contributed by atoms with Crippen molar-refractivity contribution in [2.45, 2.75) is 31.8 Å². The number of nitrogens with zero attached hydrogens (tertiary/aromatic N) is 4. The number of hydrogen-bond acceptors (Lipinski definition) is 3. The van der Waals surface area contributed by atoms with Gasteiger partial charge in [0.05, 0.1) is 0 Å². The molecule has 2 N–H and O–H groups in total. The highest BCUT2D eigenvalue weighted by molar-refractivity contribution is 5.79. The molecular weight excluding hydrogens is 252 g/mol. The largest absolute Gasteiger partial charge is 0.356 e. The Labute approximate surface area is 121 Å². The van der Waals surface area contributed by atoms with Crippen molar-refractivity contribution in [2.75, 3.05) is 33.7 Å². The van der Waals surface area contributed by atoms with Crippen molar-refractivity contribution >= 4 is 5.96 Å². The fraction of sp³-hybridized carbons (Fsp3) is 0.714. The molecule has 112 valence electrons. The quantitative estimate of drug-likeness (QED) is 0.453. The molecular formula is C14H26N6. The van der Waals surface area contributed by atoms with Crippen molar-refractivity contribution in [3.63, 3.8) is 0 Å². The molecule has 6 heteroatoms. The van der Waals surface area contributed by atoms with Gasteiger partial charge in [-0.15, -0.1) is 0 Å². The van der Waals surface area contributed by atoms with E-state index < -0.39 is 0 Å². The summed E-state index contributed by atoms with van der Waals surface area (Å²) in [5, 5.41) is 10.9. The lowest BCUT2D eigenvalue weighted by Crippen LogP contribution is -2.44. The van der Waals surface area contributed by atoms with E-state index in [1.807, 2.05) is 30.2 Å². The summed E-state index contributed by atoms with van der Waals surface area (Å²) in [7, 11) is 4.01. The van der Waals surface area contributed by atoms with E-state index in [1.165, 1.54) is 19.4 Å². The highest BCUT2D eigenvalue weighted by atomic mass is 15.3. The molecule has 20 heavy (non-hydrogen) atoms. The van der Waals surface area contributed by atoms with Crippen LogP contribution in [-0.2, 0) is 6.54 Å². The zero-order valence-electron chi connectivity index (χ0n) is 12.5. The van der Waals surface area contributed by atoms with Gasteiger partial charge in [0.25, 0.3) is 0 Å². The standard InChI is InChI=1S/C14H26N6/c1-15-14(17-12-13-6-3-9-19(13)2)16-7-4-10-20-11-5-8-18-20/h5,8,11,13H,3-4,6-7,9-10,12H2,1-2H3,(H2,15,16,17). The van der Waals surface area contributed by atoms with Crippen LogP contribution in [0.2, 0.25) is 0 Å². The van der Waals surface area contributed by atoms with Crippen LogP contribution in [0, 0.1) is 0 Å². The Hall–Kier alpha value is -1.56. The summed E-state index contributed by atoms with van der Waals surface area (Å²) < 4.78 is 1.95. The molecule has 0 aliphatic carbocycles. The van der Waals surface area contributed by atoms with Gasteiger partial charge < -0.3 is 15.5 Å². The fourth-order valence-corrected chi connectivity index (χ4v) is 2.55. The molecule has 0 aromatic carbocycles. The van der Waals surface area contributed by atoms with E-state index in [2.05, 4.69) is 32.7 Å². The number of aromatic nitrogens is 2. The molecule has 1 aliphatic rings. The summed E-state index contributed by atoms with van der Waals surface area (Å²) in [4.78, 5) is 6.68.